The van der Waals surface area contributed by atoms with Gasteiger partial charge < -0.3 is 15.4 Å². The van der Waals surface area contributed by atoms with E-state index in [0.29, 0.717) is 17.1 Å². The second-order valence-corrected chi connectivity index (χ2v) is 8.82. The highest BCUT2D eigenvalue weighted by Crippen LogP contribution is 2.27. The fourth-order valence-electron chi connectivity index (χ4n) is 2.87. The fraction of sp³-hybridized carbons (Fsp3) is 0.136. The van der Waals surface area contributed by atoms with E-state index in [1.807, 2.05) is 18.2 Å². The molecule has 0 unspecified atom stereocenters. The minimum Gasteiger partial charge on any atom is -0.457 e. The zero-order valence-electron chi connectivity index (χ0n) is 17.1. The smallest absolute Gasteiger partial charge is 0.293 e. The van der Waals surface area contributed by atoms with E-state index >= 15 is 0 Å². The molecule has 0 saturated carbocycles. The van der Waals surface area contributed by atoms with Crippen molar-refractivity contribution >= 4 is 27.1 Å². The van der Waals surface area contributed by atoms with Crippen LogP contribution in [0.2, 0.25) is 0 Å². The number of hydrogen-bond acceptors (Lipinski definition) is 7. The summed E-state index contributed by atoms with van der Waals surface area (Å²) < 4.78 is 29.0. The molecular weight excluding hydrogens is 434 g/mol. The van der Waals surface area contributed by atoms with Crippen LogP contribution in [-0.2, 0) is 9.84 Å². The summed E-state index contributed by atoms with van der Waals surface area (Å²) in [4.78, 5) is 23.1. The highest BCUT2D eigenvalue weighted by atomic mass is 32.2. The van der Waals surface area contributed by atoms with E-state index < -0.39 is 14.8 Å². The van der Waals surface area contributed by atoms with E-state index in [2.05, 4.69) is 10.6 Å². The third kappa shape index (κ3) is 5.82. The normalized spacial score (nSPS) is 10.9. The van der Waals surface area contributed by atoms with Crippen molar-refractivity contribution in [3.05, 3.63) is 88.5 Å². The summed E-state index contributed by atoms with van der Waals surface area (Å²) >= 11 is 0. The molecule has 32 heavy (non-hydrogen) atoms. The van der Waals surface area contributed by atoms with Crippen LogP contribution in [0.1, 0.15) is 10.4 Å². The lowest BCUT2D eigenvalue weighted by Gasteiger charge is -2.12. The van der Waals surface area contributed by atoms with Crippen molar-refractivity contribution in [2.75, 3.05) is 24.7 Å². The van der Waals surface area contributed by atoms with E-state index in [1.165, 1.54) is 12.1 Å². The Morgan fingerprint density at radius 2 is 1.69 bits per heavy atom. The first-order valence-corrected chi connectivity index (χ1v) is 11.5. The number of nitro groups is 1. The zero-order valence-corrected chi connectivity index (χ0v) is 18.0. The topological polar surface area (TPSA) is 128 Å². The minimum atomic E-state index is -3.57. The van der Waals surface area contributed by atoms with Gasteiger partial charge in [-0.15, -0.1) is 0 Å². The van der Waals surface area contributed by atoms with E-state index in [1.54, 1.807) is 36.4 Å². The van der Waals surface area contributed by atoms with Crippen molar-refractivity contribution in [1.82, 2.24) is 5.32 Å². The number of carbonyl (C=O) groups excluding carboxylic acids is 1. The lowest BCUT2D eigenvalue weighted by molar-refractivity contribution is -0.384. The molecule has 3 rings (SSSR count). The molecule has 0 saturated heterocycles. The monoisotopic (exact) mass is 455 g/mol. The fourth-order valence-corrected chi connectivity index (χ4v) is 3.51. The number of benzene rings is 3. The lowest BCUT2D eigenvalue weighted by Crippen LogP contribution is -2.29. The van der Waals surface area contributed by atoms with Crippen LogP contribution in [0.4, 0.5) is 11.4 Å². The van der Waals surface area contributed by atoms with Crippen LogP contribution >= 0.6 is 0 Å². The number of para-hydroxylation sites is 2. The summed E-state index contributed by atoms with van der Waals surface area (Å²) in [5.41, 5.74) is 0.144. The lowest BCUT2D eigenvalue weighted by atomic mass is 10.2. The number of hydrogen-bond donors (Lipinski definition) is 2. The molecule has 0 aliphatic rings. The van der Waals surface area contributed by atoms with Crippen molar-refractivity contribution in [3.63, 3.8) is 0 Å². The molecule has 0 fully saturated rings. The first kappa shape index (κ1) is 22.8. The Morgan fingerprint density at radius 3 is 2.38 bits per heavy atom. The predicted molar refractivity (Wildman–Crippen MR) is 120 cm³/mol. The SMILES string of the molecule is CS(=O)(=O)c1ccc(NCCNC(=O)c2ccccc2Oc2ccccc2)c([N+](=O)[O-])c1. The van der Waals surface area contributed by atoms with E-state index in [9.17, 15) is 23.3 Å². The van der Waals surface area contributed by atoms with Gasteiger partial charge in [0.15, 0.2) is 9.84 Å². The first-order valence-electron chi connectivity index (χ1n) is 9.58. The molecule has 0 atom stereocenters. The van der Waals surface area contributed by atoms with Crippen LogP contribution in [0.15, 0.2) is 77.7 Å². The van der Waals surface area contributed by atoms with Crippen LogP contribution < -0.4 is 15.4 Å². The molecule has 0 heterocycles. The molecule has 0 spiro atoms. The van der Waals surface area contributed by atoms with Gasteiger partial charge in [0.25, 0.3) is 11.6 Å². The van der Waals surface area contributed by atoms with Crippen molar-refractivity contribution in [2.45, 2.75) is 4.90 Å². The number of anilines is 1. The molecule has 9 nitrogen and oxygen atoms in total. The number of carbonyl (C=O) groups is 1. The summed E-state index contributed by atoms with van der Waals surface area (Å²) in [6.07, 6.45) is 0.980. The number of nitro benzene ring substituents is 1. The highest BCUT2D eigenvalue weighted by Gasteiger charge is 2.18. The summed E-state index contributed by atoms with van der Waals surface area (Å²) in [7, 11) is -3.57. The van der Waals surface area contributed by atoms with Gasteiger partial charge in [0.2, 0.25) is 0 Å². The van der Waals surface area contributed by atoms with E-state index in [-0.39, 0.29) is 35.3 Å². The number of amides is 1. The Kier molecular flexibility index (Phi) is 7.06. The Hall–Kier alpha value is -3.92. The summed E-state index contributed by atoms with van der Waals surface area (Å²) in [6, 6.07) is 19.5. The molecule has 2 N–H and O–H groups in total. The maximum absolute atomic E-state index is 12.6. The van der Waals surface area contributed by atoms with Gasteiger partial charge in [0.1, 0.15) is 17.2 Å². The molecule has 0 aliphatic carbocycles. The summed E-state index contributed by atoms with van der Waals surface area (Å²) in [5, 5.41) is 16.9. The Morgan fingerprint density at radius 1 is 1.00 bits per heavy atom. The maximum Gasteiger partial charge on any atom is 0.293 e. The van der Waals surface area contributed by atoms with Crippen LogP contribution in [-0.4, -0.2) is 38.6 Å². The molecule has 1 amide bonds. The molecule has 0 bridgehead atoms. The number of sulfone groups is 1. The van der Waals surface area contributed by atoms with Gasteiger partial charge in [-0.3, -0.25) is 14.9 Å². The third-order valence-corrected chi connectivity index (χ3v) is 5.53. The van der Waals surface area contributed by atoms with Crippen molar-refractivity contribution < 1.29 is 22.9 Å². The van der Waals surface area contributed by atoms with E-state index in [4.69, 9.17) is 4.74 Å². The van der Waals surface area contributed by atoms with Crippen molar-refractivity contribution in [2.24, 2.45) is 0 Å². The average Bonchev–Trinajstić information content (AvgIpc) is 2.77. The van der Waals surface area contributed by atoms with Gasteiger partial charge in [-0.1, -0.05) is 30.3 Å². The van der Waals surface area contributed by atoms with Gasteiger partial charge >= 0.3 is 0 Å². The second-order valence-electron chi connectivity index (χ2n) is 6.80. The predicted octanol–water partition coefficient (Wildman–Crippen LogP) is 3.63. The molecule has 0 aromatic heterocycles. The third-order valence-electron chi connectivity index (χ3n) is 4.42. The van der Waals surface area contributed by atoms with Crippen molar-refractivity contribution in [1.29, 1.82) is 0 Å². The molecule has 10 heteroatoms. The minimum absolute atomic E-state index is 0.141. The van der Waals surface area contributed by atoms with Crippen LogP contribution in [0.5, 0.6) is 11.5 Å². The highest BCUT2D eigenvalue weighted by molar-refractivity contribution is 7.90. The van der Waals surface area contributed by atoms with Crippen LogP contribution in [0, 0.1) is 10.1 Å². The standard InChI is InChI=1S/C22H21N3O6S/c1-32(29,30)17-11-12-19(20(15-17)25(27)28)23-13-14-24-22(26)18-9-5-6-10-21(18)31-16-7-3-2-4-8-16/h2-12,15,23H,13-14H2,1H3,(H,24,26). The quantitative estimate of drug-likeness (QED) is 0.286. The first-order chi connectivity index (χ1) is 15.3. The molecule has 0 radical (unpaired) electrons. The molecular formula is C22H21N3O6S. The van der Waals surface area contributed by atoms with E-state index in [0.717, 1.165) is 12.3 Å². The molecule has 166 valence electrons. The number of nitrogens with zero attached hydrogens (tertiary/aromatic N) is 1. The second kappa shape index (κ2) is 9.92. The molecule has 0 aliphatic heterocycles. The maximum atomic E-state index is 12.6. The Balaban J connectivity index is 1.62. The van der Waals surface area contributed by atoms with Gasteiger partial charge in [0, 0.05) is 25.4 Å². The van der Waals surface area contributed by atoms with Gasteiger partial charge in [0.05, 0.1) is 15.4 Å². The van der Waals surface area contributed by atoms with Crippen molar-refractivity contribution in [3.8, 4) is 11.5 Å². The van der Waals surface area contributed by atoms with Crippen LogP contribution in [0.3, 0.4) is 0 Å². The molecule has 3 aromatic carbocycles. The van der Waals surface area contributed by atoms with Gasteiger partial charge in [-0.05, 0) is 36.4 Å². The Bertz CT molecular complexity index is 1230. The zero-order chi connectivity index (χ0) is 23.1. The summed E-state index contributed by atoms with van der Waals surface area (Å²) in [6.45, 7) is 0.357. The van der Waals surface area contributed by atoms with Crippen LogP contribution in [0.25, 0.3) is 0 Å². The number of nitrogens with one attached hydrogen (secondary N) is 2. The van der Waals surface area contributed by atoms with Gasteiger partial charge in [-0.25, -0.2) is 8.42 Å². The largest absolute Gasteiger partial charge is 0.457 e. The summed E-state index contributed by atoms with van der Waals surface area (Å²) in [5.74, 6) is 0.635. The number of ether oxygens (including phenoxy) is 1. The number of rotatable bonds is 9. The molecule has 3 aromatic rings. The average molecular weight is 455 g/mol. The van der Waals surface area contributed by atoms with Gasteiger partial charge in [-0.2, -0.15) is 0 Å². The Labute approximate surface area is 185 Å².